The van der Waals surface area contributed by atoms with Gasteiger partial charge in [-0.15, -0.1) is 0 Å². The summed E-state index contributed by atoms with van der Waals surface area (Å²) in [5.41, 5.74) is 1.57. The molecule has 2 N–H and O–H groups in total. The number of nitrogens with one attached hydrogen (secondary N) is 1. The molecule has 0 radical (unpaired) electrons. The van der Waals surface area contributed by atoms with Crippen molar-refractivity contribution in [3.63, 3.8) is 0 Å². The van der Waals surface area contributed by atoms with Crippen LogP contribution >= 0.6 is 0 Å². The fourth-order valence-electron chi connectivity index (χ4n) is 2.73. The molecule has 1 aromatic rings. The molecule has 136 valence electrons. The van der Waals surface area contributed by atoms with Gasteiger partial charge in [0.2, 0.25) is 5.91 Å². The average Bonchev–Trinajstić information content (AvgIpc) is 2.60. The van der Waals surface area contributed by atoms with Gasteiger partial charge in [0.1, 0.15) is 0 Å². The van der Waals surface area contributed by atoms with E-state index in [0.717, 1.165) is 0 Å². The van der Waals surface area contributed by atoms with E-state index in [-0.39, 0.29) is 4.90 Å². The molecule has 0 aromatic heterocycles. The van der Waals surface area contributed by atoms with Crippen LogP contribution in [0.5, 0.6) is 11.5 Å². The molecule has 1 aromatic carbocycles. The van der Waals surface area contributed by atoms with Gasteiger partial charge in [-0.05, 0) is 25.0 Å². The molecule has 7 nitrogen and oxygen atoms in total. The minimum Gasteiger partial charge on any atom is -0.493 e. The minimum absolute atomic E-state index is 0.0581. The molecule has 0 spiro atoms. The molecule has 8 heteroatoms. The van der Waals surface area contributed by atoms with Crippen molar-refractivity contribution in [2.75, 3.05) is 14.2 Å². The normalized spacial score (nSPS) is 13.9. The highest BCUT2D eigenvalue weighted by molar-refractivity contribution is 7.92. The molecule has 24 heavy (non-hydrogen) atoms. The van der Waals surface area contributed by atoms with Gasteiger partial charge >= 0.3 is 0 Å². The van der Waals surface area contributed by atoms with Crippen molar-refractivity contribution in [2.24, 2.45) is 5.92 Å². The maximum Gasteiger partial charge on any atom is 0.247 e. The van der Waals surface area contributed by atoms with Gasteiger partial charge in [-0.25, -0.2) is 13.9 Å². The Hall–Kier alpha value is -1.80. The molecule has 0 bridgehead atoms. The van der Waals surface area contributed by atoms with E-state index in [0.29, 0.717) is 30.8 Å². The van der Waals surface area contributed by atoms with Crippen LogP contribution < -0.4 is 15.0 Å². The Bertz CT molecular complexity index is 659. The lowest BCUT2D eigenvalue weighted by molar-refractivity contribution is -0.133. The zero-order valence-electron chi connectivity index (χ0n) is 14.4. The van der Waals surface area contributed by atoms with Crippen LogP contribution in [0.1, 0.15) is 33.1 Å². The molecule has 0 aliphatic heterocycles. The highest BCUT2D eigenvalue weighted by Crippen LogP contribution is 2.33. The van der Waals surface area contributed by atoms with Crippen molar-refractivity contribution in [1.82, 2.24) is 5.48 Å². The van der Waals surface area contributed by atoms with E-state index in [1.807, 2.05) is 6.92 Å². The lowest BCUT2D eigenvalue weighted by Gasteiger charge is -2.24. The maximum absolute atomic E-state index is 13.1. The second-order valence-electron chi connectivity index (χ2n) is 5.38. The van der Waals surface area contributed by atoms with Crippen LogP contribution in [0.15, 0.2) is 23.1 Å². The van der Waals surface area contributed by atoms with Crippen LogP contribution in [-0.4, -0.2) is 39.0 Å². The number of methoxy groups -OCH3 is 2. The first-order valence-electron chi connectivity index (χ1n) is 7.77. The van der Waals surface area contributed by atoms with E-state index in [4.69, 9.17) is 14.7 Å². The van der Waals surface area contributed by atoms with Gasteiger partial charge in [0.15, 0.2) is 21.3 Å². The first-order valence-corrected chi connectivity index (χ1v) is 9.31. The number of ether oxygens (including phenoxy) is 2. The number of hydroxylamine groups is 1. The molecule has 1 amide bonds. The largest absolute Gasteiger partial charge is 0.493 e. The third-order valence-corrected chi connectivity index (χ3v) is 6.26. The molecular weight excluding hydrogens is 334 g/mol. The van der Waals surface area contributed by atoms with Crippen molar-refractivity contribution < 1.29 is 27.9 Å². The molecular formula is C16H25NO6S. The molecule has 0 heterocycles. The van der Waals surface area contributed by atoms with Gasteiger partial charge in [-0.3, -0.25) is 10.0 Å². The second kappa shape index (κ2) is 8.89. The third kappa shape index (κ3) is 4.18. The minimum atomic E-state index is -3.79. The van der Waals surface area contributed by atoms with Crippen LogP contribution in [0.4, 0.5) is 0 Å². The lowest BCUT2D eigenvalue weighted by Crippen LogP contribution is -2.40. The summed E-state index contributed by atoms with van der Waals surface area (Å²) in [6, 6.07) is 4.34. The quantitative estimate of drug-likeness (QED) is 0.517. The van der Waals surface area contributed by atoms with E-state index in [2.05, 4.69) is 0 Å². The van der Waals surface area contributed by atoms with Crippen molar-refractivity contribution in [2.45, 2.75) is 43.3 Å². The first-order chi connectivity index (χ1) is 11.4. The Labute approximate surface area is 142 Å². The van der Waals surface area contributed by atoms with E-state index >= 15 is 0 Å². The number of hydrogen-bond donors (Lipinski definition) is 2. The number of sulfone groups is 1. The molecule has 0 fully saturated rings. The summed E-state index contributed by atoms with van der Waals surface area (Å²) in [5.74, 6) is -0.815. The standard InChI is InChI=1S/C16H25NO6S/c1-5-7-15(12(6-2)16(18)17-19)24(20,21)11-8-9-13(22-3)14(10-11)23-4/h8-10,12,15,19H,5-7H2,1-4H3,(H,17,18). The van der Waals surface area contributed by atoms with Gasteiger partial charge in [0.25, 0.3) is 0 Å². The van der Waals surface area contributed by atoms with Crippen molar-refractivity contribution >= 4 is 15.7 Å². The Kier molecular flexibility index (Phi) is 7.50. The van der Waals surface area contributed by atoms with E-state index in [1.54, 1.807) is 12.4 Å². The topological polar surface area (TPSA) is 102 Å². The van der Waals surface area contributed by atoms with Crippen LogP contribution in [0.3, 0.4) is 0 Å². The summed E-state index contributed by atoms with van der Waals surface area (Å²) in [6.07, 6.45) is 1.19. The van der Waals surface area contributed by atoms with Crippen LogP contribution in [0.2, 0.25) is 0 Å². The van der Waals surface area contributed by atoms with Crippen molar-refractivity contribution in [3.8, 4) is 11.5 Å². The monoisotopic (exact) mass is 359 g/mol. The number of benzene rings is 1. The summed E-state index contributed by atoms with van der Waals surface area (Å²) in [6.45, 7) is 3.56. The van der Waals surface area contributed by atoms with Crippen molar-refractivity contribution in [1.29, 1.82) is 0 Å². The van der Waals surface area contributed by atoms with Crippen molar-refractivity contribution in [3.05, 3.63) is 18.2 Å². The Morgan fingerprint density at radius 1 is 1.21 bits per heavy atom. The Balaban J connectivity index is 3.38. The summed E-state index contributed by atoms with van der Waals surface area (Å²) in [4.78, 5) is 11.9. The van der Waals surface area contributed by atoms with Gasteiger partial charge in [-0.1, -0.05) is 20.3 Å². The lowest BCUT2D eigenvalue weighted by atomic mass is 9.98. The van der Waals surface area contributed by atoms with E-state index in [1.165, 1.54) is 32.4 Å². The van der Waals surface area contributed by atoms with Gasteiger partial charge in [0.05, 0.1) is 30.3 Å². The fourth-order valence-corrected chi connectivity index (χ4v) is 4.90. The van der Waals surface area contributed by atoms with Crippen LogP contribution in [-0.2, 0) is 14.6 Å². The molecule has 2 unspecified atom stereocenters. The highest BCUT2D eigenvalue weighted by atomic mass is 32.2. The number of carbonyl (C=O) groups is 1. The molecule has 0 saturated carbocycles. The van der Waals surface area contributed by atoms with Crippen LogP contribution in [0.25, 0.3) is 0 Å². The highest BCUT2D eigenvalue weighted by Gasteiger charge is 2.37. The summed E-state index contributed by atoms with van der Waals surface area (Å²) < 4.78 is 36.4. The average molecular weight is 359 g/mol. The molecule has 0 saturated heterocycles. The predicted octanol–water partition coefficient (Wildman–Crippen LogP) is 2.18. The summed E-state index contributed by atoms with van der Waals surface area (Å²) >= 11 is 0. The van der Waals surface area contributed by atoms with E-state index < -0.39 is 26.9 Å². The zero-order valence-corrected chi connectivity index (χ0v) is 15.2. The molecule has 0 aliphatic rings. The van der Waals surface area contributed by atoms with Gasteiger partial charge in [0, 0.05) is 6.07 Å². The predicted molar refractivity (Wildman–Crippen MR) is 89.1 cm³/mol. The molecule has 2 atom stereocenters. The first kappa shape index (κ1) is 20.2. The van der Waals surface area contributed by atoms with E-state index in [9.17, 15) is 13.2 Å². The maximum atomic E-state index is 13.1. The third-order valence-electron chi connectivity index (χ3n) is 3.99. The molecule has 0 aliphatic carbocycles. The van der Waals surface area contributed by atoms with Crippen LogP contribution in [0, 0.1) is 5.92 Å². The number of hydrogen-bond acceptors (Lipinski definition) is 6. The Morgan fingerprint density at radius 3 is 2.29 bits per heavy atom. The Morgan fingerprint density at radius 2 is 1.83 bits per heavy atom. The van der Waals surface area contributed by atoms with Gasteiger partial charge < -0.3 is 9.47 Å². The second-order valence-corrected chi connectivity index (χ2v) is 7.55. The van der Waals surface area contributed by atoms with Gasteiger partial charge in [-0.2, -0.15) is 0 Å². The fraction of sp³-hybridized carbons (Fsp3) is 0.562. The molecule has 1 rings (SSSR count). The summed E-state index contributed by atoms with van der Waals surface area (Å²) in [5, 5.41) is 7.98. The number of amides is 1. The number of rotatable bonds is 9. The zero-order chi connectivity index (χ0) is 18.3. The SMILES string of the molecule is CCCC(C(CC)C(=O)NO)S(=O)(=O)c1ccc(OC)c(OC)c1. The summed E-state index contributed by atoms with van der Waals surface area (Å²) in [7, 11) is -0.909. The smallest absolute Gasteiger partial charge is 0.247 e. The number of carbonyl (C=O) groups excluding carboxylic acids is 1.